The van der Waals surface area contributed by atoms with Crippen LogP contribution in [0.4, 0.5) is 0 Å². The maximum atomic E-state index is 10.2. The number of hydrogen-bond acceptors (Lipinski definition) is 2. The largest absolute Gasteiger partial charge is 0.392 e. The lowest BCUT2D eigenvalue weighted by Gasteiger charge is -2.44. The first kappa shape index (κ1) is 23.1. The van der Waals surface area contributed by atoms with Crippen LogP contribution >= 0.6 is 0 Å². The van der Waals surface area contributed by atoms with Gasteiger partial charge in [-0.25, -0.2) is 0 Å². The van der Waals surface area contributed by atoms with Gasteiger partial charge in [-0.1, -0.05) is 77.2 Å². The summed E-state index contributed by atoms with van der Waals surface area (Å²) < 4.78 is 0. The lowest BCUT2D eigenvalue weighted by atomic mass is 9.60. The highest BCUT2D eigenvalue weighted by molar-refractivity contribution is 5.26. The second-order valence-corrected chi connectivity index (χ2v) is 11.4. The number of aliphatic hydroxyl groups is 2. The average molecular weight is 403 g/mol. The van der Waals surface area contributed by atoms with Gasteiger partial charge in [0.25, 0.3) is 0 Å². The van der Waals surface area contributed by atoms with Gasteiger partial charge in [0, 0.05) is 5.92 Å². The van der Waals surface area contributed by atoms with Crippen molar-refractivity contribution >= 4 is 0 Å². The van der Waals surface area contributed by atoms with Gasteiger partial charge in [-0.15, -0.1) is 0 Å². The number of fused-ring (bicyclic) bond motifs is 1. The Morgan fingerprint density at radius 3 is 2.38 bits per heavy atom. The van der Waals surface area contributed by atoms with Gasteiger partial charge in [-0.05, 0) is 74.0 Å². The number of aliphatic hydroxyl groups excluding tert-OH is 2. The maximum absolute atomic E-state index is 10.2. The molecule has 29 heavy (non-hydrogen) atoms. The van der Waals surface area contributed by atoms with E-state index in [1.807, 2.05) is 6.92 Å². The van der Waals surface area contributed by atoms with Crippen LogP contribution in [-0.4, -0.2) is 22.4 Å². The molecule has 3 saturated carbocycles. The molecule has 0 saturated heterocycles. The molecule has 2 heteroatoms. The predicted octanol–water partition coefficient (Wildman–Crippen LogP) is 6.67. The minimum Gasteiger partial charge on any atom is -0.392 e. The smallest absolute Gasteiger partial charge is 0.0627 e. The topological polar surface area (TPSA) is 40.5 Å². The molecule has 0 aromatic rings. The molecule has 6 unspecified atom stereocenters. The van der Waals surface area contributed by atoms with E-state index in [0.29, 0.717) is 5.41 Å². The van der Waals surface area contributed by atoms with E-state index in [0.717, 1.165) is 36.5 Å². The molecule has 0 aromatic carbocycles. The zero-order chi connectivity index (χ0) is 21.2. The highest BCUT2D eigenvalue weighted by Gasteiger charge is 2.50. The molecule has 0 amide bonds. The summed E-state index contributed by atoms with van der Waals surface area (Å²) in [6.45, 7) is 11.7. The van der Waals surface area contributed by atoms with Crippen LogP contribution in [0.15, 0.2) is 23.3 Å². The lowest BCUT2D eigenvalue weighted by Crippen LogP contribution is -2.36. The van der Waals surface area contributed by atoms with Crippen LogP contribution in [0.25, 0.3) is 0 Å². The van der Waals surface area contributed by atoms with Crippen molar-refractivity contribution in [1.29, 1.82) is 0 Å². The average Bonchev–Trinajstić information content (AvgIpc) is 3.01. The summed E-state index contributed by atoms with van der Waals surface area (Å²) in [5.74, 6) is 3.27. The summed E-state index contributed by atoms with van der Waals surface area (Å²) >= 11 is 0. The van der Waals surface area contributed by atoms with E-state index in [2.05, 4.69) is 39.8 Å². The zero-order valence-corrected chi connectivity index (χ0v) is 19.7. The first-order chi connectivity index (χ1) is 13.7. The van der Waals surface area contributed by atoms with Crippen molar-refractivity contribution in [3.63, 3.8) is 0 Å². The summed E-state index contributed by atoms with van der Waals surface area (Å²) in [5.41, 5.74) is 3.34. The van der Waals surface area contributed by atoms with Crippen molar-refractivity contribution in [2.75, 3.05) is 0 Å². The summed E-state index contributed by atoms with van der Waals surface area (Å²) in [6, 6.07) is 0. The fraction of sp³-hybridized carbons (Fsp3) is 0.852. The SMILES string of the molecule is CC(C)CCCC(C)C1CCC2C(=CC=C3CC(O)C(C)C(O)C3)CCCC21C. The van der Waals surface area contributed by atoms with Crippen LogP contribution in [0.5, 0.6) is 0 Å². The Hall–Kier alpha value is -0.600. The van der Waals surface area contributed by atoms with Gasteiger partial charge < -0.3 is 10.2 Å². The summed E-state index contributed by atoms with van der Waals surface area (Å²) in [7, 11) is 0. The van der Waals surface area contributed by atoms with E-state index < -0.39 is 12.2 Å². The van der Waals surface area contributed by atoms with E-state index >= 15 is 0 Å². The minimum atomic E-state index is -0.400. The standard InChI is InChI=1S/C27H46O2/c1-18(2)8-6-9-19(3)23-13-14-24-22(10-7-15-27(23,24)5)12-11-21-16-25(28)20(4)26(29)17-21/h11-12,18-20,23-26,28-29H,6-10,13-17H2,1-5H3. The molecule has 3 fully saturated rings. The first-order valence-electron chi connectivity index (χ1n) is 12.5. The van der Waals surface area contributed by atoms with Crippen molar-refractivity contribution in [3.05, 3.63) is 23.3 Å². The number of rotatable bonds is 6. The maximum Gasteiger partial charge on any atom is 0.0627 e. The number of hydrogen-bond donors (Lipinski definition) is 2. The van der Waals surface area contributed by atoms with Crippen LogP contribution in [0.1, 0.15) is 98.8 Å². The van der Waals surface area contributed by atoms with Crippen molar-refractivity contribution in [2.24, 2.45) is 35.0 Å². The van der Waals surface area contributed by atoms with Crippen LogP contribution in [0.2, 0.25) is 0 Å². The van der Waals surface area contributed by atoms with Gasteiger partial charge in [0.05, 0.1) is 12.2 Å². The Balaban J connectivity index is 1.68. The molecule has 0 aliphatic heterocycles. The molecule has 0 aromatic heterocycles. The molecule has 0 heterocycles. The second-order valence-electron chi connectivity index (χ2n) is 11.4. The molecular formula is C27H46O2. The van der Waals surface area contributed by atoms with Crippen molar-refractivity contribution in [3.8, 4) is 0 Å². The molecule has 2 nitrogen and oxygen atoms in total. The fourth-order valence-corrected chi connectivity index (χ4v) is 6.87. The van der Waals surface area contributed by atoms with Crippen LogP contribution in [0.3, 0.4) is 0 Å². The van der Waals surface area contributed by atoms with Crippen LogP contribution in [0, 0.1) is 35.0 Å². The first-order valence-corrected chi connectivity index (χ1v) is 12.5. The molecule has 0 bridgehead atoms. The fourth-order valence-electron chi connectivity index (χ4n) is 6.87. The Morgan fingerprint density at radius 1 is 1.03 bits per heavy atom. The van der Waals surface area contributed by atoms with Gasteiger partial charge in [-0.3, -0.25) is 0 Å². The van der Waals surface area contributed by atoms with E-state index in [1.165, 1.54) is 56.9 Å². The monoisotopic (exact) mass is 402 g/mol. The Labute approximate surface area is 179 Å². The highest BCUT2D eigenvalue weighted by atomic mass is 16.3. The van der Waals surface area contributed by atoms with E-state index in [4.69, 9.17) is 0 Å². The molecule has 2 N–H and O–H groups in total. The lowest BCUT2D eigenvalue weighted by molar-refractivity contribution is 0.00407. The van der Waals surface area contributed by atoms with E-state index in [1.54, 1.807) is 5.57 Å². The van der Waals surface area contributed by atoms with Gasteiger partial charge in [0.1, 0.15) is 0 Å². The third-order valence-corrected chi connectivity index (χ3v) is 8.86. The Kier molecular flexibility index (Phi) is 7.71. The summed E-state index contributed by atoms with van der Waals surface area (Å²) in [5, 5.41) is 20.5. The Morgan fingerprint density at radius 2 is 1.72 bits per heavy atom. The van der Waals surface area contributed by atoms with E-state index in [-0.39, 0.29) is 5.92 Å². The van der Waals surface area contributed by atoms with Crippen molar-refractivity contribution < 1.29 is 10.2 Å². The van der Waals surface area contributed by atoms with Crippen LogP contribution in [-0.2, 0) is 0 Å². The van der Waals surface area contributed by atoms with Gasteiger partial charge in [0.15, 0.2) is 0 Å². The minimum absolute atomic E-state index is 0.00875. The van der Waals surface area contributed by atoms with Crippen molar-refractivity contribution in [1.82, 2.24) is 0 Å². The molecule has 166 valence electrons. The third kappa shape index (κ3) is 5.18. The van der Waals surface area contributed by atoms with Gasteiger partial charge in [0.2, 0.25) is 0 Å². The molecule has 6 atom stereocenters. The molecule has 3 aliphatic carbocycles. The quantitative estimate of drug-likeness (QED) is 0.521. The molecular weight excluding hydrogens is 356 g/mol. The molecule has 3 aliphatic rings. The Bertz CT molecular complexity index is 590. The highest BCUT2D eigenvalue weighted by Crippen LogP contribution is 2.59. The summed E-state index contributed by atoms with van der Waals surface area (Å²) in [4.78, 5) is 0. The molecule has 0 radical (unpaired) electrons. The predicted molar refractivity (Wildman–Crippen MR) is 123 cm³/mol. The zero-order valence-electron chi connectivity index (χ0n) is 19.7. The number of allylic oxidation sites excluding steroid dienone is 3. The second kappa shape index (κ2) is 9.69. The van der Waals surface area contributed by atoms with Crippen LogP contribution < -0.4 is 0 Å². The summed E-state index contributed by atoms with van der Waals surface area (Å²) in [6.07, 6.45) is 16.1. The van der Waals surface area contributed by atoms with Gasteiger partial charge >= 0.3 is 0 Å². The molecule has 0 spiro atoms. The van der Waals surface area contributed by atoms with E-state index in [9.17, 15) is 10.2 Å². The van der Waals surface area contributed by atoms with Crippen molar-refractivity contribution in [2.45, 2.75) is 111 Å². The normalized spacial score (nSPS) is 40.3. The molecule has 3 rings (SSSR count). The third-order valence-electron chi connectivity index (χ3n) is 8.86. The van der Waals surface area contributed by atoms with Gasteiger partial charge in [-0.2, -0.15) is 0 Å².